The average Bonchev–Trinajstić information content (AvgIpc) is 2.89. The summed E-state index contributed by atoms with van der Waals surface area (Å²) in [5, 5.41) is 14.0. The Labute approximate surface area is 129 Å². The van der Waals surface area contributed by atoms with Crippen molar-refractivity contribution in [3.8, 4) is 11.5 Å². The Morgan fingerprint density at radius 3 is 2.52 bits per heavy atom. The molecular weight excluding hydrogens is 306 g/mol. The number of halogens is 2. The van der Waals surface area contributed by atoms with Gasteiger partial charge in [0.2, 0.25) is 5.89 Å². The van der Waals surface area contributed by atoms with Crippen molar-refractivity contribution in [3.63, 3.8) is 0 Å². The third-order valence-corrected chi connectivity index (χ3v) is 3.31. The van der Waals surface area contributed by atoms with Crippen LogP contribution in [-0.4, -0.2) is 14.9 Å². The van der Waals surface area contributed by atoms with Gasteiger partial charge in [0.15, 0.2) is 0 Å². The summed E-state index contributed by atoms with van der Waals surface area (Å²) in [6, 6.07) is 11.0. The minimum absolute atomic E-state index is 0.00395. The zero-order valence-corrected chi connectivity index (χ0v) is 11.8. The minimum Gasteiger partial charge on any atom is -0.388 e. The van der Waals surface area contributed by atoms with Crippen LogP contribution in [0.4, 0.5) is 8.78 Å². The Balaban J connectivity index is 1.86. The van der Waals surface area contributed by atoms with Crippen LogP contribution in [0.25, 0.3) is 11.5 Å². The Morgan fingerprint density at radius 1 is 1.13 bits per heavy atom. The van der Waals surface area contributed by atoms with Gasteiger partial charge in [-0.2, -0.15) is 4.68 Å². The summed E-state index contributed by atoms with van der Waals surface area (Å²) in [6.45, 7) is -0.259. The van der Waals surface area contributed by atoms with Crippen molar-refractivity contribution in [3.05, 3.63) is 76.3 Å². The highest BCUT2D eigenvalue weighted by Crippen LogP contribution is 2.19. The van der Waals surface area contributed by atoms with E-state index in [-0.39, 0.29) is 18.0 Å². The molecule has 0 aliphatic carbocycles. The van der Waals surface area contributed by atoms with Gasteiger partial charge in [-0.1, -0.05) is 18.2 Å². The zero-order valence-electron chi connectivity index (χ0n) is 11.8. The van der Waals surface area contributed by atoms with Gasteiger partial charge in [-0.3, -0.25) is 0 Å². The van der Waals surface area contributed by atoms with E-state index in [1.807, 2.05) is 0 Å². The maximum atomic E-state index is 13.6. The highest BCUT2D eigenvalue weighted by molar-refractivity contribution is 5.51. The van der Waals surface area contributed by atoms with E-state index in [0.717, 1.165) is 4.68 Å². The molecule has 2 aromatic carbocycles. The van der Waals surface area contributed by atoms with Crippen molar-refractivity contribution >= 4 is 0 Å². The Kier molecular flexibility index (Phi) is 4.03. The summed E-state index contributed by atoms with van der Waals surface area (Å²) >= 11 is 0. The van der Waals surface area contributed by atoms with E-state index in [4.69, 9.17) is 4.42 Å². The first-order valence-corrected chi connectivity index (χ1v) is 6.81. The average molecular weight is 318 g/mol. The highest BCUT2D eigenvalue weighted by atomic mass is 19.1. The molecule has 0 aliphatic rings. The smallest absolute Gasteiger partial charge is 0.388 e. The van der Waals surface area contributed by atoms with E-state index in [1.165, 1.54) is 42.5 Å². The molecule has 0 radical (unpaired) electrons. The van der Waals surface area contributed by atoms with Crippen LogP contribution < -0.4 is 5.76 Å². The lowest BCUT2D eigenvalue weighted by molar-refractivity contribution is 0.144. The normalized spacial score (nSPS) is 12.3. The van der Waals surface area contributed by atoms with Gasteiger partial charge in [0, 0.05) is 11.1 Å². The van der Waals surface area contributed by atoms with Gasteiger partial charge in [0.1, 0.15) is 17.7 Å². The molecule has 0 spiro atoms. The molecule has 1 aromatic heterocycles. The molecule has 0 fully saturated rings. The SMILES string of the molecule is O=c1oc(-c2ccc(F)cc2)nn1C[C@@H](O)c1ccccc1F. The summed E-state index contributed by atoms with van der Waals surface area (Å²) in [4.78, 5) is 11.8. The van der Waals surface area contributed by atoms with E-state index >= 15 is 0 Å². The van der Waals surface area contributed by atoms with Crippen molar-refractivity contribution in [2.45, 2.75) is 12.6 Å². The summed E-state index contributed by atoms with van der Waals surface area (Å²) in [5.74, 6) is -1.80. The number of aliphatic hydroxyl groups excluding tert-OH is 1. The number of nitrogens with zero attached hydrogens (tertiary/aromatic N) is 2. The third-order valence-electron chi connectivity index (χ3n) is 3.31. The van der Waals surface area contributed by atoms with Crippen LogP contribution in [0.15, 0.2) is 57.7 Å². The van der Waals surface area contributed by atoms with Crippen molar-refractivity contribution in [1.29, 1.82) is 0 Å². The van der Waals surface area contributed by atoms with E-state index in [9.17, 15) is 18.7 Å². The van der Waals surface area contributed by atoms with Gasteiger partial charge < -0.3 is 9.52 Å². The molecule has 0 unspecified atom stereocenters. The quantitative estimate of drug-likeness (QED) is 0.802. The second-order valence-electron chi connectivity index (χ2n) is 4.90. The van der Waals surface area contributed by atoms with Gasteiger partial charge >= 0.3 is 5.76 Å². The third kappa shape index (κ3) is 3.19. The first-order valence-electron chi connectivity index (χ1n) is 6.81. The van der Waals surface area contributed by atoms with Gasteiger partial charge in [0.05, 0.1) is 6.54 Å². The summed E-state index contributed by atoms with van der Waals surface area (Å²) < 4.78 is 32.4. The standard InChI is InChI=1S/C16H12F2N2O3/c17-11-7-5-10(6-8-11)15-19-20(16(22)23-15)9-14(21)12-3-1-2-4-13(12)18/h1-8,14,21H,9H2/t14-/m1/s1. The fourth-order valence-corrected chi connectivity index (χ4v) is 2.14. The van der Waals surface area contributed by atoms with Crippen LogP contribution >= 0.6 is 0 Å². The fraction of sp³-hybridized carbons (Fsp3) is 0.125. The monoisotopic (exact) mass is 318 g/mol. The lowest BCUT2D eigenvalue weighted by Gasteiger charge is -2.10. The van der Waals surface area contributed by atoms with Gasteiger partial charge in [0.25, 0.3) is 0 Å². The molecule has 0 bridgehead atoms. The van der Waals surface area contributed by atoms with Gasteiger partial charge in [-0.25, -0.2) is 13.6 Å². The summed E-state index contributed by atoms with van der Waals surface area (Å²) in [6.07, 6.45) is -1.25. The van der Waals surface area contributed by atoms with Crippen molar-refractivity contribution < 1.29 is 18.3 Å². The first kappa shape index (κ1) is 15.1. The van der Waals surface area contributed by atoms with Crippen molar-refractivity contribution in [2.24, 2.45) is 0 Å². The Hall–Kier alpha value is -2.80. The number of rotatable bonds is 4. The molecule has 0 saturated carbocycles. The minimum atomic E-state index is -1.25. The number of benzene rings is 2. The Morgan fingerprint density at radius 2 is 1.83 bits per heavy atom. The molecule has 1 N–H and O–H groups in total. The van der Waals surface area contributed by atoms with E-state index in [1.54, 1.807) is 6.07 Å². The highest BCUT2D eigenvalue weighted by Gasteiger charge is 2.17. The van der Waals surface area contributed by atoms with E-state index in [0.29, 0.717) is 5.56 Å². The molecular formula is C16H12F2N2O3. The van der Waals surface area contributed by atoms with Crippen molar-refractivity contribution in [1.82, 2.24) is 9.78 Å². The van der Waals surface area contributed by atoms with Crippen LogP contribution in [0.5, 0.6) is 0 Å². The van der Waals surface area contributed by atoms with Gasteiger partial charge in [-0.15, -0.1) is 5.10 Å². The second kappa shape index (κ2) is 6.13. The van der Waals surface area contributed by atoms with Crippen LogP contribution in [0.3, 0.4) is 0 Å². The van der Waals surface area contributed by atoms with Gasteiger partial charge in [-0.05, 0) is 30.3 Å². The number of hydrogen-bond donors (Lipinski definition) is 1. The summed E-state index contributed by atoms with van der Waals surface area (Å²) in [7, 11) is 0. The van der Waals surface area contributed by atoms with Crippen molar-refractivity contribution in [2.75, 3.05) is 0 Å². The van der Waals surface area contributed by atoms with Crippen LogP contribution in [0.2, 0.25) is 0 Å². The van der Waals surface area contributed by atoms with Crippen LogP contribution in [-0.2, 0) is 6.54 Å². The second-order valence-corrected chi connectivity index (χ2v) is 4.90. The molecule has 5 nitrogen and oxygen atoms in total. The number of aromatic nitrogens is 2. The van der Waals surface area contributed by atoms with Crippen LogP contribution in [0.1, 0.15) is 11.7 Å². The molecule has 0 amide bonds. The summed E-state index contributed by atoms with van der Waals surface area (Å²) in [5.41, 5.74) is 0.480. The number of aliphatic hydroxyl groups is 1. The first-order chi connectivity index (χ1) is 11.0. The molecule has 0 aliphatic heterocycles. The zero-order chi connectivity index (χ0) is 16.4. The predicted molar refractivity (Wildman–Crippen MR) is 77.5 cm³/mol. The molecule has 0 saturated heterocycles. The largest absolute Gasteiger partial charge is 0.437 e. The molecule has 1 atom stereocenters. The predicted octanol–water partition coefficient (Wildman–Crippen LogP) is 2.52. The van der Waals surface area contributed by atoms with E-state index in [2.05, 4.69) is 5.10 Å². The maximum absolute atomic E-state index is 13.6. The lowest BCUT2D eigenvalue weighted by atomic mass is 10.1. The maximum Gasteiger partial charge on any atom is 0.437 e. The number of hydrogen-bond acceptors (Lipinski definition) is 4. The molecule has 7 heteroatoms. The molecule has 23 heavy (non-hydrogen) atoms. The lowest BCUT2D eigenvalue weighted by Crippen LogP contribution is -2.20. The Bertz CT molecular complexity index is 872. The molecule has 118 valence electrons. The fourth-order valence-electron chi connectivity index (χ4n) is 2.14. The topological polar surface area (TPSA) is 68.3 Å². The van der Waals surface area contributed by atoms with E-state index < -0.39 is 23.5 Å². The molecule has 3 aromatic rings. The van der Waals surface area contributed by atoms with Crippen LogP contribution in [0, 0.1) is 11.6 Å². The molecule has 3 rings (SSSR count). The molecule has 1 heterocycles.